The Labute approximate surface area is 120 Å². The van der Waals surface area contributed by atoms with Crippen LogP contribution >= 0.6 is 15.9 Å². The molecule has 0 spiro atoms. The zero-order valence-electron chi connectivity index (χ0n) is 10.8. The van der Waals surface area contributed by atoms with Crippen LogP contribution in [-0.2, 0) is 0 Å². The Hall–Kier alpha value is -0.850. The Bertz CT molecular complexity index is 439. The third kappa shape index (κ3) is 3.19. The first-order valence-electron chi connectivity index (χ1n) is 6.24. The molecule has 6 heteroatoms. The summed E-state index contributed by atoms with van der Waals surface area (Å²) in [5.74, 6) is 0.405. The molecule has 1 fully saturated rings. The van der Waals surface area contributed by atoms with Gasteiger partial charge >= 0.3 is 0 Å². The number of rotatable bonds is 4. The van der Waals surface area contributed by atoms with E-state index in [0.29, 0.717) is 10.2 Å². The Morgan fingerprint density at radius 3 is 2.74 bits per heavy atom. The quantitative estimate of drug-likeness (QED) is 0.886. The topological polar surface area (TPSA) is 44.7 Å². The summed E-state index contributed by atoms with van der Waals surface area (Å²) in [6.07, 6.45) is 0. The predicted octanol–water partition coefficient (Wildman–Crippen LogP) is 2.08. The summed E-state index contributed by atoms with van der Waals surface area (Å²) in [4.78, 5) is 2.11. The van der Waals surface area contributed by atoms with E-state index in [9.17, 15) is 9.50 Å². The van der Waals surface area contributed by atoms with E-state index >= 15 is 0 Å². The Morgan fingerprint density at radius 2 is 2.16 bits per heavy atom. The monoisotopic (exact) mass is 332 g/mol. The third-order valence-corrected chi connectivity index (χ3v) is 4.00. The van der Waals surface area contributed by atoms with Gasteiger partial charge in [0.05, 0.1) is 17.6 Å². The minimum absolute atomic E-state index is 0.0455. The lowest BCUT2D eigenvalue weighted by molar-refractivity contribution is 0.147. The molecule has 2 N–H and O–H groups in total. The van der Waals surface area contributed by atoms with Crippen LogP contribution < -0.4 is 10.1 Å². The Kier molecular flexibility index (Phi) is 5.01. The summed E-state index contributed by atoms with van der Waals surface area (Å²) in [6, 6.07) is 3.16. The smallest absolute Gasteiger partial charge is 0.172 e. The first-order valence-corrected chi connectivity index (χ1v) is 7.03. The minimum atomic E-state index is -0.458. The Balaban J connectivity index is 2.29. The van der Waals surface area contributed by atoms with Crippen LogP contribution in [0.5, 0.6) is 11.5 Å². The second-order valence-electron chi connectivity index (χ2n) is 4.51. The number of aromatic hydroxyl groups is 1. The van der Waals surface area contributed by atoms with Gasteiger partial charge in [-0.15, -0.1) is 0 Å². The molecular formula is C13H18BrFN2O2. The van der Waals surface area contributed by atoms with E-state index in [4.69, 9.17) is 4.74 Å². The third-order valence-electron chi connectivity index (χ3n) is 3.39. The normalized spacial score (nSPS) is 18.3. The molecule has 0 bridgehead atoms. The number of halogens is 2. The van der Waals surface area contributed by atoms with Crippen molar-refractivity contribution in [3.8, 4) is 11.5 Å². The molecular weight excluding hydrogens is 315 g/mol. The average Bonchev–Trinajstić information content (AvgIpc) is 2.44. The number of hydrogen-bond acceptors (Lipinski definition) is 4. The van der Waals surface area contributed by atoms with E-state index in [0.717, 1.165) is 31.7 Å². The van der Waals surface area contributed by atoms with E-state index < -0.39 is 6.67 Å². The van der Waals surface area contributed by atoms with E-state index in [1.165, 1.54) is 7.11 Å². The zero-order valence-corrected chi connectivity index (χ0v) is 12.4. The highest BCUT2D eigenvalue weighted by molar-refractivity contribution is 9.10. The fraction of sp³-hybridized carbons (Fsp3) is 0.538. The summed E-state index contributed by atoms with van der Waals surface area (Å²) < 4.78 is 19.1. The van der Waals surface area contributed by atoms with Gasteiger partial charge in [-0.1, -0.05) is 0 Å². The summed E-state index contributed by atoms with van der Waals surface area (Å²) >= 11 is 3.28. The number of phenols is 1. The molecule has 0 unspecified atom stereocenters. The van der Waals surface area contributed by atoms with Crippen molar-refractivity contribution in [1.29, 1.82) is 0 Å². The van der Waals surface area contributed by atoms with E-state index in [2.05, 4.69) is 26.1 Å². The summed E-state index contributed by atoms with van der Waals surface area (Å²) in [7, 11) is 1.49. The van der Waals surface area contributed by atoms with Crippen molar-refractivity contribution in [3.05, 3.63) is 22.2 Å². The second kappa shape index (κ2) is 6.54. The van der Waals surface area contributed by atoms with Crippen LogP contribution in [0.3, 0.4) is 0 Å². The molecule has 1 atom stereocenters. The van der Waals surface area contributed by atoms with Gasteiger partial charge in [-0.2, -0.15) is 0 Å². The largest absolute Gasteiger partial charge is 0.503 e. The number of methoxy groups -OCH3 is 1. The van der Waals surface area contributed by atoms with Crippen LogP contribution in [-0.4, -0.2) is 50.0 Å². The molecule has 0 amide bonds. The zero-order chi connectivity index (χ0) is 13.8. The first kappa shape index (κ1) is 14.6. The molecule has 0 radical (unpaired) electrons. The molecule has 1 saturated heterocycles. The molecule has 1 aromatic carbocycles. The highest BCUT2D eigenvalue weighted by Gasteiger charge is 2.24. The maximum atomic E-state index is 13.4. The van der Waals surface area contributed by atoms with Crippen molar-refractivity contribution in [3.63, 3.8) is 0 Å². The maximum Gasteiger partial charge on any atom is 0.172 e. The van der Waals surface area contributed by atoms with Crippen molar-refractivity contribution < 1.29 is 14.2 Å². The SMILES string of the molecule is COc1cc([C@@H](CF)N2CCNCC2)cc(Br)c1O. The molecule has 19 heavy (non-hydrogen) atoms. The van der Waals surface area contributed by atoms with Crippen LogP contribution in [0, 0.1) is 0 Å². The molecule has 1 aliphatic rings. The van der Waals surface area contributed by atoms with Gasteiger partial charge in [-0.05, 0) is 33.6 Å². The lowest BCUT2D eigenvalue weighted by Gasteiger charge is -2.33. The molecule has 4 nitrogen and oxygen atoms in total. The first-order chi connectivity index (χ1) is 9.17. The fourth-order valence-corrected chi connectivity index (χ4v) is 2.79. The van der Waals surface area contributed by atoms with Gasteiger partial charge in [0.25, 0.3) is 0 Å². The van der Waals surface area contributed by atoms with Crippen molar-refractivity contribution in [2.45, 2.75) is 6.04 Å². The summed E-state index contributed by atoms with van der Waals surface area (Å²) in [6.45, 7) is 2.91. The standard InChI is InChI=1S/C13H18BrFN2O2/c1-19-12-7-9(6-10(14)13(12)18)11(8-15)17-4-2-16-3-5-17/h6-7,11,16,18H,2-5,8H2,1H3/t11-/m1/s1. The van der Waals surface area contributed by atoms with Crippen molar-refractivity contribution in [1.82, 2.24) is 10.2 Å². The number of piperazine rings is 1. The van der Waals surface area contributed by atoms with E-state index in [1.807, 2.05) is 0 Å². The predicted molar refractivity (Wildman–Crippen MR) is 75.5 cm³/mol. The molecule has 2 rings (SSSR count). The number of phenolic OH excluding ortho intramolecular Hbond substituents is 1. The average molecular weight is 333 g/mol. The van der Waals surface area contributed by atoms with Gasteiger partial charge in [0.15, 0.2) is 11.5 Å². The molecule has 0 saturated carbocycles. The highest BCUT2D eigenvalue weighted by Crippen LogP contribution is 2.38. The van der Waals surface area contributed by atoms with E-state index in [1.54, 1.807) is 12.1 Å². The van der Waals surface area contributed by atoms with Crippen molar-refractivity contribution in [2.24, 2.45) is 0 Å². The summed E-state index contributed by atoms with van der Waals surface area (Å²) in [5.41, 5.74) is 0.811. The molecule has 106 valence electrons. The van der Waals surface area contributed by atoms with Gasteiger partial charge in [0.2, 0.25) is 0 Å². The van der Waals surface area contributed by atoms with Gasteiger partial charge in [0, 0.05) is 26.2 Å². The number of benzene rings is 1. The van der Waals surface area contributed by atoms with Crippen LogP contribution in [0.25, 0.3) is 0 Å². The van der Waals surface area contributed by atoms with Crippen molar-refractivity contribution in [2.75, 3.05) is 40.0 Å². The molecule has 0 aliphatic carbocycles. The fourth-order valence-electron chi connectivity index (χ4n) is 2.33. The summed E-state index contributed by atoms with van der Waals surface area (Å²) in [5, 5.41) is 13.0. The van der Waals surface area contributed by atoms with Crippen LogP contribution in [0.15, 0.2) is 16.6 Å². The van der Waals surface area contributed by atoms with Gasteiger partial charge in [-0.25, -0.2) is 4.39 Å². The molecule has 1 aliphatic heterocycles. The Morgan fingerprint density at radius 1 is 1.47 bits per heavy atom. The van der Waals surface area contributed by atoms with E-state index in [-0.39, 0.29) is 11.8 Å². The number of nitrogens with one attached hydrogen (secondary N) is 1. The number of nitrogens with zero attached hydrogens (tertiary/aromatic N) is 1. The lowest BCUT2D eigenvalue weighted by Crippen LogP contribution is -2.45. The van der Waals surface area contributed by atoms with Gasteiger partial charge < -0.3 is 15.2 Å². The van der Waals surface area contributed by atoms with Gasteiger partial charge in [-0.3, -0.25) is 4.90 Å². The second-order valence-corrected chi connectivity index (χ2v) is 5.36. The van der Waals surface area contributed by atoms with Crippen LogP contribution in [0.2, 0.25) is 0 Å². The van der Waals surface area contributed by atoms with Gasteiger partial charge in [0.1, 0.15) is 6.67 Å². The van der Waals surface area contributed by atoms with Crippen LogP contribution in [0.4, 0.5) is 4.39 Å². The molecule has 0 aromatic heterocycles. The lowest BCUT2D eigenvalue weighted by atomic mass is 10.0. The number of ether oxygens (including phenoxy) is 1. The number of alkyl halides is 1. The minimum Gasteiger partial charge on any atom is -0.503 e. The number of hydrogen-bond donors (Lipinski definition) is 2. The maximum absolute atomic E-state index is 13.4. The molecule has 1 aromatic rings. The molecule has 1 heterocycles. The highest BCUT2D eigenvalue weighted by atomic mass is 79.9. The van der Waals surface area contributed by atoms with Crippen LogP contribution in [0.1, 0.15) is 11.6 Å². The van der Waals surface area contributed by atoms with Crippen molar-refractivity contribution >= 4 is 15.9 Å².